The highest BCUT2D eigenvalue weighted by Gasteiger charge is 2.40. The van der Waals surface area contributed by atoms with E-state index in [1.54, 1.807) is 4.90 Å². The zero-order chi connectivity index (χ0) is 13.8. The van der Waals surface area contributed by atoms with Gasteiger partial charge in [0.05, 0.1) is 7.11 Å². The number of amides is 1. The molecule has 0 aliphatic heterocycles. The maximum absolute atomic E-state index is 12.1. The second-order valence-corrected chi connectivity index (χ2v) is 6.13. The van der Waals surface area contributed by atoms with Crippen LogP contribution in [0.3, 0.4) is 0 Å². The van der Waals surface area contributed by atoms with Crippen molar-refractivity contribution >= 4 is 11.9 Å². The van der Waals surface area contributed by atoms with Gasteiger partial charge in [0.1, 0.15) is 0 Å². The quantitative estimate of drug-likeness (QED) is 0.693. The molecule has 0 aromatic carbocycles. The summed E-state index contributed by atoms with van der Waals surface area (Å²) in [6.45, 7) is 0.648. The Bertz CT molecular complexity index is 342. The van der Waals surface area contributed by atoms with Crippen molar-refractivity contribution in [2.24, 2.45) is 17.8 Å². The smallest absolute Gasteiger partial charge is 0.305 e. The van der Waals surface area contributed by atoms with Gasteiger partial charge in [0, 0.05) is 26.4 Å². The largest absolute Gasteiger partial charge is 0.469 e. The minimum absolute atomic E-state index is 0.200. The Kier molecular flexibility index (Phi) is 4.83. The van der Waals surface area contributed by atoms with Crippen LogP contribution in [0.15, 0.2) is 0 Å². The van der Waals surface area contributed by atoms with E-state index in [1.165, 1.54) is 32.8 Å². The summed E-state index contributed by atoms with van der Waals surface area (Å²) in [5, 5.41) is 0. The van der Waals surface area contributed by atoms with Crippen LogP contribution in [0.25, 0.3) is 0 Å². The van der Waals surface area contributed by atoms with E-state index in [1.807, 2.05) is 7.05 Å². The topological polar surface area (TPSA) is 46.6 Å². The molecular weight excluding hydrogens is 242 g/mol. The van der Waals surface area contributed by atoms with Crippen LogP contribution >= 0.6 is 0 Å². The normalized spacial score (nSPS) is 28.4. The molecule has 0 radical (unpaired) electrons. The Balaban J connectivity index is 1.66. The van der Waals surface area contributed by atoms with Crippen LogP contribution in [0.1, 0.15) is 44.9 Å². The number of rotatable bonds is 6. The van der Waals surface area contributed by atoms with E-state index in [-0.39, 0.29) is 11.9 Å². The molecule has 2 fully saturated rings. The number of carbonyl (C=O) groups is 2. The molecule has 2 rings (SSSR count). The first kappa shape index (κ1) is 14.4. The van der Waals surface area contributed by atoms with Crippen molar-refractivity contribution in [3.05, 3.63) is 0 Å². The molecule has 3 unspecified atom stereocenters. The molecule has 2 aliphatic rings. The molecule has 2 saturated carbocycles. The van der Waals surface area contributed by atoms with Crippen LogP contribution in [0.2, 0.25) is 0 Å². The lowest BCUT2D eigenvalue weighted by atomic mass is 9.86. The lowest BCUT2D eigenvalue weighted by Crippen LogP contribution is -2.30. The van der Waals surface area contributed by atoms with Crippen molar-refractivity contribution in [3.63, 3.8) is 0 Å². The van der Waals surface area contributed by atoms with Crippen molar-refractivity contribution in [2.45, 2.75) is 44.9 Å². The third kappa shape index (κ3) is 3.71. The van der Waals surface area contributed by atoms with Crippen molar-refractivity contribution in [1.29, 1.82) is 0 Å². The Hall–Kier alpha value is -1.06. The molecule has 0 aromatic rings. The summed E-state index contributed by atoms with van der Waals surface area (Å²) in [5.41, 5.74) is 0. The number of nitrogens with zero attached hydrogens (tertiary/aromatic N) is 1. The second-order valence-electron chi connectivity index (χ2n) is 6.13. The Morgan fingerprint density at radius 3 is 2.63 bits per heavy atom. The summed E-state index contributed by atoms with van der Waals surface area (Å²) in [6, 6.07) is 0. The first-order valence-electron chi connectivity index (χ1n) is 7.41. The zero-order valence-corrected chi connectivity index (χ0v) is 12.1. The van der Waals surface area contributed by atoms with Gasteiger partial charge in [-0.25, -0.2) is 0 Å². The number of hydrogen-bond acceptors (Lipinski definition) is 3. The van der Waals surface area contributed by atoms with Gasteiger partial charge in [-0.15, -0.1) is 0 Å². The molecule has 1 amide bonds. The first-order valence-corrected chi connectivity index (χ1v) is 7.41. The third-order valence-corrected chi connectivity index (χ3v) is 4.85. The number of fused-ring (bicyclic) bond motifs is 2. The molecule has 2 aliphatic carbocycles. The van der Waals surface area contributed by atoms with Crippen molar-refractivity contribution in [2.75, 3.05) is 20.7 Å². The summed E-state index contributed by atoms with van der Waals surface area (Å²) in [4.78, 5) is 24.9. The van der Waals surface area contributed by atoms with Crippen LogP contribution in [-0.4, -0.2) is 37.5 Å². The molecule has 19 heavy (non-hydrogen) atoms. The SMILES string of the molecule is COC(=O)CCCN(C)C(=O)CC1CC2CCC1C2. The van der Waals surface area contributed by atoms with Crippen molar-refractivity contribution in [1.82, 2.24) is 4.90 Å². The molecule has 0 aromatic heterocycles. The summed E-state index contributed by atoms with van der Waals surface area (Å²) in [5.74, 6) is 2.36. The maximum atomic E-state index is 12.1. The van der Waals surface area contributed by atoms with Gasteiger partial charge in [0.15, 0.2) is 0 Å². The number of hydrogen-bond donors (Lipinski definition) is 0. The Morgan fingerprint density at radius 2 is 2.05 bits per heavy atom. The fraction of sp³-hybridized carbons (Fsp3) is 0.867. The van der Waals surface area contributed by atoms with Gasteiger partial charge in [0.25, 0.3) is 0 Å². The van der Waals surface area contributed by atoms with E-state index in [2.05, 4.69) is 4.74 Å². The van der Waals surface area contributed by atoms with Crippen molar-refractivity contribution in [3.8, 4) is 0 Å². The number of ether oxygens (including phenoxy) is 1. The van der Waals surface area contributed by atoms with E-state index in [9.17, 15) is 9.59 Å². The highest BCUT2D eigenvalue weighted by Crippen LogP contribution is 2.49. The van der Waals surface area contributed by atoms with E-state index in [0.29, 0.717) is 31.7 Å². The van der Waals surface area contributed by atoms with Gasteiger partial charge >= 0.3 is 5.97 Å². The summed E-state index contributed by atoms with van der Waals surface area (Å²) in [7, 11) is 3.24. The predicted octanol–water partition coefficient (Wildman–Crippen LogP) is 2.22. The van der Waals surface area contributed by atoms with E-state index >= 15 is 0 Å². The van der Waals surface area contributed by atoms with Crippen LogP contribution < -0.4 is 0 Å². The molecule has 4 nitrogen and oxygen atoms in total. The van der Waals surface area contributed by atoms with E-state index in [0.717, 1.165) is 11.8 Å². The average Bonchev–Trinajstić information content (AvgIpc) is 3.00. The zero-order valence-electron chi connectivity index (χ0n) is 12.1. The van der Waals surface area contributed by atoms with Gasteiger partial charge in [-0.1, -0.05) is 6.42 Å². The van der Waals surface area contributed by atoms with Gasteiger partial charge in [-0.2, -0.15) is 0 Å². The minimum Gasteiger partial charge on any atom is -0.469 e. The summed E-state index contributed by atoms with van der Waals surface area (Å²) < 4.78 is 4.59. The fourth-order valence-corrected chi connectivity index (χ4v) is 3.69. The summed E-state index contributed by atoms with van der Waals surface area (Å²) >= 11 is 0. The van der Waals surface area contributed by atoms with E-state index < -0.39 is 0 Å². The fourth-order valence-electron chi connectivity index (χ4n) is 3.69. The molecule has 0 N–H and O–H groups in total. The minimum atomic E-state index is -0.200. The van der Waals surface area contributed by atoms with Crippen molar-refractivity contribution < 1.29 is 14.3 Å². The number of esters is 1. The summed E-state index contributed by atoms with van der Waals surface area (Å²) in [6.07, 6.45) is 7.10. The average molecular weight is 267 g/mol. The monoisotopic (exact) mass is 267 g/mol. The molecule has 0 heterocycles. The Labute approximate surface area is 115 Å². The van der Waals surface area contributed by atoms with Crippen LogP contribution in [0.5, 0.6) is 0 Å². The standard InChI is InChI=1S/C15H25NO3/c1-16(7-3-4-15(18)19-2)14(17)10-13-9-11-5-6-12(13)8-11/h11-13H,3-10H2,1-2H3. The molecule has 108 valence electrons. The molecular formula is C15H25NO3. The van der Waals surface area contributed by atoms with Gasteiger partial charge < -0.3 is 9.64 Å². The van der Waals surface area contributed by atoms with E-state index in [4.69, 9.17) is 0 Å². The lowest BCUT2D eigenvalue weighted by Gasteiger charge is -2.24. The molecule has 4 heteroatoms. The van der Waals surface area contributed by atoms with Crippen LogP contribution in [0, 0.1) is 17.8 Å². The predicted molar refractivity (Wildman–Crippen MR) is 72.4 cm³/mol. The second kappa shape index (κ2) is 6.40. The highest BCUT2D eigenvalue weighted by atomic mass is 16.5. The Morgan fingerprint density at radius 1 is 1.26 bits per heavy atom. The van der Waals surface area contributed by atoms with Crippen LogP contribution in [0.4, 0.5) is 0 Å². The number of methoxy groups -OCH3 is 1. The molecule has 3 atom stereocenters. The molecule has 2 bridgehead atoms. The number of carbonyl (C=O) groups excluding carboxylic acids is 2. The molecule has 0 spiro atoms. The maximum Gasteiger partial charge on any atom is 0.305 e. The van der Waals surface area contributed by atoms with Crippen LogP contribution in [-0.2, 0) is 14.3 Å². The van der Waals surface area contributed by atoms with Gasteiger partial charge in [-0.3, -0.25) is 9.59 Å². The highest BCUT2D eigenvalue weighted by molar-refractivity contribution is 5.76. The first-order chi connectivity index (χ1) is 9.10. The van der Waals surface area contributed by atoms with Gasteiger partial charge in [-0.05, 0) is 43.4 Å². The van der Waals surface area contributed by atoms with Gasteiger partial charge in [0.2, 0.25) is 5.91 Å². The molecule has 0 saturated heterocycles. The lowest BCUT2D eigenvalue weighted by molar-refractivity contribution is -0.141. The third-order valence-electron chi connectivity index (χ3n) is 4.85.